The van der Waals surface area contributed by atoms with Crippen LogP contribution < -0.4 is 42.5 Å². The Morgan fingerprint density at radius 1 is 0.320 bits per heavy atom. The van der Waals surface area contributed by atoms with Gasteiger partial charge in [-0.1, -0.05) is 84.9 Å². The van der Waals surface area contributed by atoms with E-state index in [2.05, 4.69) is 60.7 Å². The molecule has 0 atom stereocenters. The van der Waals surface area contributed by atoms with Crippen LogP contribution in [0.1, 0.15) is 22.3 Å². The van der Waals surface area contributed by atoms with Crippen LogP contribution in [0.25, 0.3) is 0 Å². The number of hydrogen-bond donors (Lipinski definition) is 8. The lowest BCUT2D eigenvalue weighted by atomic mass is 10.1. The fraction of sp³-hybridized carbons (Fsp3) is 0.105. The van der Waals surface area contributed by atoms with E-state index in [-0.39, 0.29) is 0 Å². The van der Waals surface area contributed by atoms with Crippen molar-refractivity contribution in [3.8, 4) is 0 Å². The van der Waals surface area contributed by atoms with Crippen LogP contribution in [0.15, 0.2) is 133 Å². The van der Waals surface area contributed by atoms with Gasteiger partial charge in [-0.3, -0.25) is 0 Å². The first-order chi connectivity index (χ1) is 24.4. The zero-order valence-electron chi connectivity index (χ0n) is 27.2. The van der Waals surface area contributed by atoms with Gasteiger partial charge in [-0.2, -0.15) is 0 Å². The molecular weight excluding hydrogens is 697 g/mol. The molecule has 0 amide bonds. The van der Waals surface area contributed by atoms with E-state index < -0.39 is 0 Å². The summed E-state index contributed by atoms with van der Waals surface area (Å²) in [5.41, 5.74) is 8.04. The second kappa shape index (κ2) is 19.2. The van der Waals surface area contributed by atoms with Crippen LogP contribution >= 0.6 is 48.9 Å². The van der Waals surface area contributed by atoms with Gasteiger partial charge in [-0.25, -0.2) is 0 Å². The normalized spacial score (nSPS) is 10.2. The molecule has 0 aromatic heterocycles. The van der Waals surface area contributed by atoms with Crippen molar-refractivity contribution in [1.29, 1.82) is 0 Å². The maximum Gasteiger partial charge on any atom is 0.175 e. The molecule has 8 N–H and O–H groups in total. The summed E-state index contributed by atoms with van der Waals surface area (Å²) in [5, 5.41) is 28.2. The van der Waals surface area contributed by atoms with Crippen LogP contribution in [0.3, 0.4) is 0 Å². The Hall–Kier alpha value is -5.14. The van der Waals surface area contributed by atoms with Crippen LogP contribution in [-0.4, -0.2) is 20.4 Å². The first-order valence-electron chi connectivity index (χ1n) is 15.9. The lowest BCUT2D eigenvalue weighted by molar-refractivity contribution is 0.820. The first kappa shape index (κ1) is 36.1. The quantitative estimate of drug-likeness (QED) is 0.0606. The molecule has 0 radical (unpaired) electrons. The Labute approximate surface area is 314 Å². The Morgan fingerprint density at radius 3 is 1.00 bits per heavy atom. The van der Waals surface area contributed by atoms with Crippen molar-refractivity contribution in [3.05, 3.63) is 156 Å². The lowest BCUT2D eigenvalue weighted by Gasteiger charge is -2.14. The molecule has 0 aliphatic carbocycles. The summed E-state index contributed by atoms with van der Waals surface area (Å²) in [5.74, 6) is 0. The molecule has 5 rings (SSSR count). The van der Waals surface area contributed by atoms with E-state index in [0.717, 1.165) is 45.0 Å². The maximum atomic E-state index is 5.55. The fourth-order valence-corrected chi connectivity index (χ4v) is 5.61. The summed E-state index contributed by atoms with van der Waals surface area (Å²) in [6.45, 7) is 2.35. The summed E-state index contributed by atoms with van der Waals surface area (Å²) < 4.78 is 0. The van der Waals surface area contributed by atoms with Gasteiger partial charge in [-0.15, -0.1) is 0 Å². The highest BCUT2D eigenvalue weighted by atomic mass is 32.1. The molecule has 0 spiro atoms. The minimum atomic E-state index is 0.530. The number of nitrogens with one attached hydrogen (secondary N) is 8. The summed E-state index contributed by atoms with van der Waals surface area (Å²) in [4.78, 5) is 0. The van der Waals surface area contributed by atoms with Gasteiger partial charge in [0.1, 0.15) is 0 Å². The molecule has 0 aliphatic heterocycles. The Balaban J connectivity index is 0.996. The molecule has 0 unspecified atom stereocenters. The average Bonchev–Trinajstić information content (AvgIpc) is 3.12. The van der Waals surface area contributed by atoms with E-state index >= 15 is 0 Å². The second-order valence-electron chi connectivity index (χ2n) is 11.2. The maximum absolute atomic E-state index is 5.55. The van der Waals surface area contributed by atoms with Gasteiger partial charge < -0.3 is 42.5 Å². The van der Waals surface area contributed by atoms with Crippen molar-refractivity contribution in [2.45, 2.75) is 26.2 Å². The number of anilines is 4. The van der Waals surface area contributed by atoms with Crippen molar-refractivity contribution in [3.63, 3.8) is 0 Å². The minimum Gasteiger partial charge on any atom is -0.359 e. The highest BCUT2D eigenvalue weighted by Gasteiger charge is 2.05. The van der Waals surface area contributed by atoms with Gasteiger partial charge in [0, 0.05) is 48.9 Å². The summed E-state index contributed by atoms with van der Waals surface area (Å²) >= 11 is 22.0. The number of benzene rings is 5. The van der Waals surface area contributed by atoms with E-state index in [9.17, 15) is 0 Å². The van der Waals surface area contributed by atoms with Gasteiger partial charge in [0.15, 0.2) is 20.4 Å². The van der Waals surface area contributed by atoms with Gasteiger partial charge in [0.25, 0.3) is 0 Å². The van der Waals surface area contributed by atoms with Crippen molar-refractivity contribution < 1.29 is 0 Å². The topological polar surface area (TPSA) is 96.2 Å². The molecule has 0 saturated carbocycles. The predicted octanol–water partition coefficient (Wildman–Crippen LogP) is 7.63. The van der Waals surface area contributed by atoms with E-state index in [0.29, 0.717) is 46.6 Å². The summed E-state index contributed by atoms with van der Waals surface area (Å²) in [6, 6.07) is 44.0. The molecule has 50 heavy (non-hydrogen) atoms. The third kappa shape index (κ3) is 12.7. The molecule has 0 bridgehead atoms. The van der Waals surface area contributed by atoms with Crippen LogP contribution in [0.4, 0.5) is 22.7 Å². The number of thiocarbonyl (C=S) groups is 4. The van der Waals surface area contributed by atoms with Crippen molar-refractivity contribution >= 4 is 92.1 Å². The Bertz CT molecular complexity index is 1770. The molecule has 254 valence electrons. The zero-order chi connectivity index (χ0) is 35.0. The molecule has 0 aliphatic rings. The molecular formula is C38H38N8S4. The largest absolute Gasteiger partial charge is 0.359 e. The highest BCUT2D eigenvalue weighted by Crippen LogP contribution is 2.14. The van der Waals surface area contributed by atoms with Gasteiger partial charge in [0.05, 0.1) is 0 Å². The fourth-order valence-electron chi connectivity index (χ4n) is 4.85. The zero-order valence-corrected chi connectivity index (χ0v) is 30.4. The van der Waals surface area contributed by atoms with Crippen molar-refractivity contribution in [1.82, 2.24) is 21.3 Å². The monoisotopic (exact) mass is 734 g/mol. The van der Waals surface area contributed by atoms with Gasteiger partial charge in [-0.05, 0) is 120 Å². The van der Waals surface area contributed by atoms with Gasteiger partial charge in [0.2, 0.25) is 0 Å². The van der Waals surface area contributed by atoms with E-state index in [1.165, 1.54) is 0 Å². The standard InChI is InChI=1S/C38H38N8S4/c47-35(41-25-29-12-8-18-33(21-29)45-37(49)43-31-14-3-1-4-15-31)39-23-27-10-7-11-28(20-27)24-40-36(48)42-26-30-13-9-19-34(22-30)46-38(50)44-32-16-5-2-6-17-32/h1-22H,23-26H2,(H2,39,41,47)(H2,40,42,48)(H2,43,45,49)(H2,44,46,50). The first-order valence-corrected chi connectivity index (χ1v) is 17.6. The summed E-state index contributed by atoms with van der Waals surface area (Å²) in [7, 11) is 0. The second-order valence-corrected chi connectivity index (χ2v) is 12.8. The van der Waals surface area contributed by atoms with E-state index in [1.54, 1.807) is 0 Å². The Kier molecular flexibility index (Phi) is 13.8. The molecule has 5 aromatic carbocycles. The van der Waals surface area contributed by atoms with E-state index in [1.807, 2.05) is 115 Å². The predicted molar refractivity (Wildman–Crippen MR) is 224 cm³/mol. The molecule has 0 fully saturated rings. The number of hydrogen-bond acceptors (Lipinski definition) is 4. The van der Waals surface area contributed by atoms with Crippen LogP contribution in [0.5, 0.6) is 0 Å². The van der Waals surface area contributed by atoms with Crippen LogP contribution in [0.2, 0.25) is 0 Å². The molecule has 5 aromatic rings. The molecule has 0 saturated heterocycles. The SMILES string of the molecule is S=C(NCc1cccc(CNC(=S)NCc2cccc(NC(=S)Nc3ccccc3)c2)c1)NCc1cccc(NC(=S)Nc2ccccc2)c1. The number of para-hydroxylation sites is 2. The smallest absolute Gasteiger partial charge is 0.175 e. The lowest BCUT2D eigenvalue weighted by Crippen LogP contribution is -2.35. The highest BCUT2D eigenvalue weighted by molar-refractivity contribution is 7.81. The summed E-state index contributed by atoms with van der Waals surface area (Å²) in [6.07, 6.45) is 0. The van der Waals surface area contributed by atoms with Crippen LogP contribution in [-0.2, 0) is 26.2 Å². The number of rotatable bonds is 12. The molecule has 8 nitrogen and oxygen atoms in total. The Morgan fingerprint density at radius 2 is 0.620 bits per heavy atom. The molecule has 12 heteroatoms. The van der Waals surface area contributed by atoms with E-state index in [4.69, 9.17) is 48.9 Å². The van der Waals surface area contributed by atoms with Crippen molar-refractivity contribution in [2.75, 3.05) is 21.3 Å². The average molecular weight is 735 g/mol. The molecule has 0 heterocycles. The van der Waals surface area contributed by atoms with Gasteiger partial charge >= 0.3 is 0 Å². The third-order valence-electron chi connectivity index (χ3n) is 7.24. The minimum absolute atomic E-state index is 0.530. The third-order valence-corrected chi connectivity index (χ3v) is 8.22. The van der Waals surface area contributed by atoms with Crippen molar-refractivity contribution in [2.24, 2.45) is 0 Å². The van der Waals surface area contributed by atoms with Crippen LogP contribution in [0, 0.1) is 0 Å².